The number of carbonyl (C=O) groups is 1. The molecule has 5 heteroatoms. The molecule has 0 fully saturated rings. The van der Waals surface area contributed by atoms with Crippen molar-refractivity contribution in [3.8, 4) is 0 Å². The molecule has 0 aliphatic carbocycles. The summed E-state index contributed by atoms with van der Waals surface area (Å²) in [6.45, 7) is 6.63. The normalized spacial score (nSPS) is 16.0. The van der Waals surface area contributed by atoms with Gasteiger partial charge in [0.15, 0.2) is 0 Å². The van der Waals surface area contributed by atoms with Crippen LogP contribution in [0, 0.1) is 5.82 Å². The van der Waals surface area contributed by atoms with Crippen molar-refractivity contribution < 1.29 is 13.9 Å². The van der Waals surface area contributed by atoms with E-state index in [2.05, 4.69) is 0 Å². The van der Waals surface area contributed by atoms with E-state index in [1.165, 1.54) is 6.07 Å². The van der Waals surface area contributed by atoms with Crippen molar-refractivity contribution in [1.82, 2.24) is 4.90 Å². The van der Waals surface area contributed by atoms with Crippen LogP contribution in [-0.4, -0.2) is 29.7 Å². The summed E-state index contributed by atoms with van der Waals surface area (Å²) < 4.78 is 19.4. The second kappa shape index (κ2) is 6.38. The summed E-state index contributed by atoms with van der Waals surface area (Å²) in [6.07, 6.45) is 2.94. The number of nitrogens with two attached hydrogens (primary N) is 1. The van der Waals surface area contributed by atoms with Gasteiger partial charge in [-0.05, 0) is 57.4 Å². The lowest BCUT2D eigenvalue weighted by atomic mass is 10.0. The Morgan fingerprint density at radius 1 is 1.32 bits per heavy atom. The summed E-state index contributed by atoms with van der Waals surface area (Å²) in [4.78, 5) is 13.8. The molecule has 1 aliphatic heterocycles. The Labute approximate surface area is 130 Å². The van der Waals surface area contributed by atoms with Crippen LogP contribution in [0.4, 0.5) is 14.9 Å². The fourth-order valence-electron chi connectivity index (χ4n) is 2.41. The van der Waals surface area contributed by atoms with Crippen molar-refractivity contribution in [2.45, 2.75) is 39.2 Å². The number of nitrogens with zero attached hydrogens (tertiary/aromatic N) is 1. The van der Waals surface area contributed by atoms with Crippen LogP contribution in [0.1, 0.15) is 39.2 Å². The number of hydrogen-bond acceptors (Lipinski definition) is 3. The van der Waals surface area contributed by atoms with Gasteiger partial charge in [-0.2, -0.15) is 0 Å². The SMILES string of the molecule is CC(C)(C)OC(=O)N1CCC=C(c2ccc(N)cc2F)CC1. The number of nitrogen functional groups attached to an aromatic ring is 1. The molecule has 1 aromatic rings. The quantitative estimate of drug-likeness (QED) is 0.802. The van der Waals surface area contributed by atoms with Gasteiger partial charge in [-0.25, -0.2) is 9.18 Å². The maximum absolute atomic E-state index is 14.0. The summed E-state index contributed by atoms with van der Waals surface area (Å²) in [5.41, 5.74) is 6.94. The first-order valence-corrected chi connectivity index (χ1v) is 7.48. The standard InChI is InChI=1S/C17H23FN2O2/c1-17(2,3)22-16(21)20-9-4-5-12(8-10-20)14-7-6-13(19)11-15(14)18/h5-7,11H,4,8-10,19H2,1-3H3. The third-order valence-electron chi connectivity index (χ3n) is 3.43. The minimum Gasteiger partial charge on any atom is -0.444 e. The molecule has 0 aromatic heterocycles. The van der Waals surface area contributed by atoms with Crippen LogP contribution in [0.15, 0.2) is 24.3 Å². The third kappa shape index (κ3) is 4.23. The van der Waals surface area contributed by atoms with Crippen LogP contribution in [0.5, 0.6) is 0 Å². The van der Waals surface area contributed by atoms with Crippen molar-refractivity contribution in [2.24, 2.45) is 0 Å². The number of rotatable bonds is 1. The molecule has 0 radical (unpaired) electrons. The summed E-state index contributed by atoms with van der Waals surface area (Å²) in [5, 5.41) is 0. The predicted octanol–water partition coefficient (Wildman–Crippen LogP) is 3.82. The zero-order valence-corrected chi connectivity index (χ0v) is 13.4. The van der Waals surface area contributed by atoms with E-state index in [1.807, 2.05) is 26.8 Å². The minimum atomic E-state index is -0.511. The van der Waals surface area contributed by atoms with E-state index in [9.17, 15) is 9.18 Å². The first kappa shape index (κ1) is 16.3. The van der Waals surface area contributed by atoms with Gasteiger partial charge in [0, 0.05) is 24.3 Å². The molecule has 0 spiro atoms. The van der Waals surface area contributed by atoms with E-state index in [-0.39, 0.29) is 11.9 Å². The molecule has 1 aromatic carbocycles. The fourth-order valence-corrected chi connectivity index (χ4v) is 2.41. The highest BCUT2D eigenvalue weighted by atomic mass is 19.1. The zero-order valence-electron chi connectivity index (χ0n) is 13.4. The first-order valence-electron chi connectivity index (χ1n) is 7.48. The van der Waals surface area contributed by atoms with Crippen LogP contribution in [0.2, 0.25) is 0 Å². The molecule has 0 atom stereocenters. The number of anilines is 1. The number of hydrogen-bond donors (Lipinski definition) is 1. The molecule has 22 heavy (non-hydrogen) atoms. The topological polar surface area (TPSA) is 55.6 Å². The smallest absolute Gasteiger partial charge is 0.410 e. The van der Waals surface area contributed by atoms with E-state index in [4.69, 9.17) is 10.5 Å². The molecule has 4 nitrogen and oxygen atoms in total. The highest BCUT2D eigenvalue weighted by Crippen LogP contribution is 2.26. The largest absolute Gasteiger partial charge is 0.444 e. The lowest BCUT2D eigenvalue weighted by molar-refractivity contribution is 0.0260. The molecule has 1 amide bonds. The van der Waals surface area contributed by atoms with Gasteiger partial charge in [-0.15, -0.1) is 0 Å². The third-order valence-corrected chi connectivity index (χ3v) is 3.43. The molecule has 0 bridgehead atoms. The zero-order chi connectivity index (χ0) is 16.3. The lowest BCUT2D eigenvalue weighted by Gasteiger charge is -2.26. The maximum atomic E-state index is 14.0. The molecule has 0 unspecified atom stereocenters. The summed E-state index contributed by atoms with van der Waals surface area (Å²) in [7, 11) is 0. The van der Waals surface area contributed by atoms with Gasteiger partial charge in [-0.3, -0.25) is 0 Å². The van der Waals surface area contributed by atoms with E-state index in [0.717, 1.165) is 5.57 Å². The van der Waals surface area contributed by atoms with E-state index in [0.29, 0.717) is 37.2 Å². The van der Waals surface area contributed by atoms with Crippen molar-refractivity contribution in [1.29, 1.82) is 0 Å². The van der Waals surface area contributed by atoms with Crippen LogP contribution in [0.3, 0.4) is 0 Å². The van der Waals surface area contributed by atoms with Crippen LogP contribution >= 0.6 is 0 Å². The number of halogens is 1. The van der Waals surface area contributed by atoms with Crippen molar-refractivity contribution in [2.75, 3.05) is 18.8 Å². The second-order valence-corrected chi connectivity index (χ2v) is 6.47. The monoisotopic (exact) mass is 306 g/mol. The van der Waals surface area contributed by atoms with Crippen molar-refractivity contribution >= 4 is 17.4 Å². The Hall–Kier alpha value is -2.04. The average molecular weight is 306 g/mol. The summed E-state index contributed by atoms with van der Waals surface area (Å²) in [6, 6.07) is 4.71. The lowest BCUT2D eigenvalue weighted by Crippen LogP contribution is -2.37. The molecular formula is C17H23FN2O2. The fraction of sp³-hybridized carbons (Fsp3) is 0.471. The van der Waals surface area contributed by atoms with Crippen molar-refractivity contribution in [3.63, 3.8) is 0 Å². The molecular weight excluding hydrogens is 283 g/mol. The number of ether oxygens (including phenoxy) is 1. The average Bonchev–Trinajstić information content (AvgIpc) is 2.62. The Kier molecular flexibility index (Phi) is 4.74. The number of benzene rings is 1. The molecule has 0 saturated carbocycles. The molecule has 2 rings (SSSR count). The predicted molar refractivity (Wildman–Crippen MR) is 85.8 cm³/mol. The molecule has 0 saturated heterocycles. The summed E-state index contributed by atoms with van der Waals surface area (Å²) in [5.74, 6) is -0.322. The number of carbonyl (C=O) groups excluding carboxylic acids is 1. The van der Waals surface area contributed by atoms with E-state index >= 15 is 0 Å². The number of amides is 1. The van der Waals surface area contributed by atoms with Gasteiger partial charge in [0.2, 0.25) is 0 Å². The van der Waals surface area contributed by atoms with Gasteiger partial charge in [0.25, 0.3) is 0 Å². The Morgan fingerprint density at radius 3 is 2.68 bits per heavy atom. The van der Waals surface area contributed by atoms with Crippen molar-refractivity contribution in [3.05, 3.63) is 35.7 Å². The van der Waals surface area contributed by atoms with Gasteiger partial charge < -0.3 is 15.4 Å². The van der Waals surface area contributed by atoms with Gasteiger partial charge >= 0.3 is 6.09 Å². The Bertz CT molecular complexity index is 591. The van der Waals surface area contributed by atoms with Gasteiger partial charge in [-0.1, -0.05) is 6.08 Å². The maximum Gasteiger partial charge on any atom is 0.410 e. The van der Waals surface area contributed by atoms with Gasteiger partial charge in [0.05, 0.1) is 0 Å². The molecule has 120 valence electrons. The highest BCUT2D eigenvalue weighted by Gasteiger charge is 2.23. The van der Waals surface area contributed by atoms with E-state index < -0.39 is 5.60 Å². The Morgan fingerprint density at radius 2 is 2.05 bits per heavy atom. The molecule has 1 heterocycles. The van der Waals surface area contributed by atoms with Crippen LogP contribution < -0.4 is 5.73 Å². The first-order chi connectivity index (χ1) is 10.3. The highest BCUT2D eigenvalue weighted by molar-refractivity contribution is 5.71. The van der Waals surface area contributed by atoms with Gasteiger partial charge in [0.1, 0.15) is 11.4 Å². The Balaban J connectivity index is 2.05. The second-order valence-electron chi connectivity index (χ2n) is 6.47. The molecule has 2 N–H and O–H groups in total. The van der Waals surface area contributed by atoms with Crippen LogP contribution in [0.25, 0.3) is 5.57 Å². The van der Waals surface area contributed by atoms with E-state index in [1.54, 1.807) is 17.0 Å². The summed E-state index contributed by atoms with van der Waals surface area (Å²) >= 11 is 0. The van der Waals surface area contributed by atoms with Crippen LogP contribution in [-0.2, 0) is 4.74 Å². The minimum absolute atomic E-state index is 0.320. The molecule has 1 aliphatic rings.